The molecule has 1 N–H and O–H groups in total. The molecular formula is C28H22NO3P. The van der Waals surface area contributed by atoms with E-state index in [0.717, 1.165) is 22.6 Å². The summed E-state index contributed by atoms with van der Waals surface area (Å²) in [5.41, 5.74) is 2.47. The number of benzene rings is 4. The molecule has 33 heavy (non-hydrogen) atoms. The van der Waals surface area contributed by atoms with Crippen molar-refractivity contribution in [2.24, 2.45) is 0 Å². The molecule has 4 aromatic rings. The lowest BCUT2D eigenvalue weighted by Crippen LogP contribution is -2.03. The third-order valence-electron chi connectivity index (χ3n) is 5.09. The summed E-state index contributed by atoms with van der Waals surface area (Å²) in [4.78, 5) is 0. The van der Waals surface area contributed by atoms with Gasteiger partial charge in [0.15, 0.2) is 0 Å². The molecule has 1 heterocycles. The normalized spacial score (nSPS) is 14.4. The van der Waals surface area contributed by atoms with Gasteiger partial charge in [0, 0.05) is 28.4 Å². The monoisotopic (exact) mass is 451 g/mol. The summed E-state index contributed by atoms with van der Waals surface area (Å²) in [6.07, 6.45) is 0. The number of hydrogen-bond donors (Lipinski definition) is 1. The second-order valence-electron chi connectivity index (χ2n) is 7.58. The van der Waals surface area contributed by atoms with Crippen LogP contribution in [0.3, 0.4) is 0 Å². The Kier molecular flexibility index (Phi) is 5.84. The van der Waals surface area contributed by atoms with Crippen molar-refractivity contribution in [3.8, 4) is 11.5 Å². The number of anilines is 1. The van der Waals surface area contributed by atoms with Crippen molar-refractivity contribution in [1.29, 1.82) is 0 Å². The fourth-order valence-electron chi connectivity index (χ4n) is 3.52. The summed E-state index contributed by atoms with van der Waals surface area (Å²) < 4.78 is 26.0. The van der Waals surface area contributed by atoms with E-state index in [1.54, 1.807) is 11.6 Å². The third kappa shape index (κ3) is 5.08. The van der Waals surface area contributed by atoms with Crippen LogP contribution in [0.25, 0.3) is 11.5 Å². The quantitative estimate of drug-likeness (QED) is 0.300. The minimum Gasteiger partial charge on any atom is -0.457 e. The largest absolute Gasteiger partial charge is 0.457 e. The maximum atomic E-state index is 14.0. The molecule has 0 aromatic heterocycles. The van der Waals surface area contributed by atoms with Crippen molar-refractivity contribution in [3.05, 3.63) is 138 Å². The Labute approximate surface area is 193 Å². The molecule has 4 nitrogen and oxygen atoms in total. The van der Waals surface area contributed by atoms with Crippen LogP contribution in [0.4, 0.5) is 5.69 Å². The topological polar surface area (TPSA) is 47.6 Å². The Morgan fingerprint density at radius 2 is 1.03 bits per heavy atom. The first-order valence-electron chi connectivity index (χ1n) is 10.6. The minimum atomic E-state index is -3.10. The van der Waals surface area contributed by atoms with E-state index in [-0.39, 0.29) is 0 Å². The first-order valence-corrected chi connectivity index (χ1v) is 12.5. The average Bonchev–Trinajstić information content (AvgIpc) is 2.86. The van der Waals surface area contributed by atoms with Crippen molar-refractivity contribution in [2.75, 3.05) is 5.09 Å². The summed E-state index contributed by atoms with van der Waals surface area (Å²) in [5, 5.41) is 3.22. The maximum Gasteiger partial charge on any atom is 0.220 e. The minimum absolute atomic E-state index is 0.566. The summed E-state index contributed by atoms with van der Waals surface area (Å²) in [6.45, 7) is 0. The zero-order valence-electron chi connectivity index (χ0n) is 17.8. The highest BCUT2D eigenvalue weighted by Crippen LogP contribution is 2.56. The van der Waals surface area contributed by atoms with E-state index in [4.69, 9.17) is 9.47 Å². The Balaban J connectivity index is 1.44. The highest BCUT2D eigenvalue weighted by molar-refractivity contribution is 7.72. The van der Waals surface area contributed by atoms with E-state index >= 15 is 0 Å². The van der Waals surface area contributed by atoms with Gasteiger partial charge in [0.2, 0.25) is 7.29 Å². The van der Waals surface area contributed by atoms with Gasteiger partial charge >= 0.3 is 0 Å². The molecule has 0 radical (unpaired) electrons. The molecule has 0 aliphatic carbocycles. The molecule has 0 atom stereocenters. The lowest BCUT2D eigenvalue weighted by Gasteiger charge is -2.24. The van der Waals surface area contributed by atoms with Crippen LogP contribution in [0.1, 0.15) is 11.1 Å². The molecule has 0 bridgehead atoms. The number of rotatable bonds is 6. The lowest BCUT2D eigenvalue weighted by molar-refractivity contribution is 0.469. The van der Waals surface area contributed by atoms with Crippen LogP contribution in [-0.2, 0) is 9.30 Å². The van der Waals surface area contributed by atoms with E-state index in [0.29, 0.717) is 17.3 Å². The van der Waals surface area contributed by atoms with Crippen molar-refractivity contribution in [1.82, 2.24) is 0 Å². The van der Waals surface area contributed by atoms with E-state index in [2.05, 4.69) is 5.09 Å². The van der Waals surface area contributed by atoms with Crippen LogP contribution < -0.4 is 9.82 Å². The SMILES string of the molecule is O=P1(Nc2ccc(Oc3ccccc3)cc2)C=C(c2ccccc2)OC(c2ccccc2)=C1. The van der Waals surface area contributed by atoms with Gasteiger partial charge in [0.25, 0.3) is 0 Å². The van der Waals surface area contributed by atoms with Gasteiger partial charge in [0.1, 0.15) is 23.0 Å². The molecule has 0 fully saturated rings. The fourth-order valence-corrected chi connectivity index (χ4v) is 5.37. The predicted octanol–water partition coefficient (Wildman–Crippen LogP) is 8.20. The molecular weight excluding hydrogens is 429 g/mol. The molecule has 0 spiro atoms. The highest BCUT2D eigenvalue weighted by atomic mass is 31.2. The van der Waals surface area contributed by atoms with Crippen LogP contribution >= 0.6 is 7.29 Å². The molecule has 162 valence electrons. The smallest absolute Gasteiger partial charge is 0.220 e. The van der Waals surface area contributed by atoms with Gasteiger partial charge in [0.05, 0.1) is 0 Å². The lowest BCUT2D eigenvalue weighted by atomic mass is 10.2. The second kappa shape index (κ2) is 9.23. The molecule has 4 aromatic carbocycles. The van der Waals surface area contributed by atoms with E-state index < -0.39 is 7.29 Å². The van der Waals surface area contributed by atoms with E-state index in [1.807, 2.05) is 115 Å². The van der Waals surface area contributed by atoms with Gasteiger partial charge in [-0.3, -0.25) is 4.57 Å². The van der Waals surface area contributed by atoms with Crippen molar-refractivity contribution in [3.63, 3.8) is 0 Å². The van der Waals surface area contributed by atoms with Crippen LogP contribution in [0.5, 0.6) is 11.5 Å². The van der Waals surface area contributed by atoms with E-state index in [9.17, 15) is 4.57 Å². The van der Waals surface area contributed by atoms with Crippen LogP contribution in [0, 0.1) is 0 Å². The number of ether oxygens (including phenoxy) is 2. The number of para-hydroxylation sites is 1. The van der Waals surface area contributed by atoms with Gasteiger partial charge in [-0.2, -0.15) is 0 Å². The van der Waals surface area contributed by atoms with Gasteiger partial charge in [-0.15, -0.1) is 0 Å². The molecule has 0 amide bonds. The summed E-state index contributed by atoms with van der Waals surface area (Å²) >= 11 is 0. The van der Waals surface area contributed by atoms with Crippen LogP contribution in [-0.4, -0.2) is 0 Å². The van der Waals surface area contributed by atoms with Crippen molar-refractivity contribution >= 4 is 24.5 Å². The number of hydrogen-bond acceptors (Lipinski definition) is 3. The molecule has 0 saturated carbocycles. The molecule has 5 heteroatoms. The average molecular weight is 451 g/mol. The Morgan fingerprint density at radius 1 is 0.576 bits per heavy atom. The molecule has 0 saturated heterocycles. The van der Waals surface area contributed by atoms with Gasteiger partial charge in [-0.05, 0) is 36.4 Å². The Bertz CT molecular complexity index is 1270. The highest BCUT2D eigenvalue weighted by Gasteiger charge is 2.27. The van der Waals surface area contributed by atoms with E-state index in [1.165, 1.54) is 0 Å². The molecule has 1 aliphatic rings. The van der Waals surface area contributed by atoms with Crippen molar-refractivity contribution in [2.45, 2.75) is 0 Å². The maximum absolute atomic E-state index is 14.0. The fraction of sp³-hybridized carbons (Fsp3) is 0. The molecule has 0 unspecified atom stereocenters. The van der Waals surface area contributed by atoms with Gasteiger partial charge < -0.3 is 14.6 Å². The van der Waals surface area contributed by atoms with Gasteiger partial charge in [-0.25, -0.2) is 0 Å². The summed E-state index contributed by atoms with van der Waals surface area (Å²) in [5.74, 6) is 5.97. The summed E-state index contributed by atoms with van der Waals surface area (Å²) in [7, 11) is -3.10. The zero-order valence-corrected chi connectivity index (χ0v) is 18.7. The second-order valence-corrected chi connectivity index (χ2v) is 9.74. The molecule has 1 aliphatic heterocycles. The first-order chi connectivity index (χ1) is 16.2. The summed E-state index contributed by atoms with van der Waals surface area (Å²) in [6, 6.07) is 36.4. The van der Waals surface area contributed by atoms with Crippen molar-refractivity contribution < 1.29 is 14.0 Å². The molecule has 5 rings (SSSR count). The third-order valence-corrected chi connectivity index (χ3v) is 6.94. The first kappa shape index (κ1) is 20.9. The van der Waals surface area contributed by atoms with Gasteiger partial charge in [-0.1, -0.05) is 78.9 Å². The Morgan fingerprint density at radius 3 is 1.55 bits per heavy atom. The van der Waals surface area contributed by atoms with Crippen LogP contribution in [0.15, 0.2) is 127 Å². The van der Waals surface area contributed by atoms with Crippen LogP contribution in [0.2, 0.25) is 0 Å². The zero-order chi connectivity index (χ0) is 22.5. The standard InChI is InChI=1S/C28H22NO3P/c30-33(29-24-16-18-26(19-17-24)31-25-14-8-3-9-15-25)20-27(22-10-4-1-5-11-22)32-28(21-33)23-12-6-2-7-13-23/h1-21H,(H,29,30). The predicted molar refractivity (Wildman–Crippen MR) is 134 cm³/mol. The number of nitrogens with one attached hydrogen (secondary N) is 1. The Hall–Kier alpha value is -4.01.